The van der Waals surface area contributed by atoms with Crippen molar-refractivity contribution in [1.82, 2.24) is 29.8 Å². The van der Waals surface area contributed by atoms with E-state index in [0.717, 1.165) is 28.2 Å². The topological polar surface area (TPSA) is 197 Å². The minimum absolute atomic E-state index is 0.0776. The number of anilines is 1. The highest BCUT2D eigenvalue weighted by Crippen LogP contribution is 2.43. The summed E-state index contributed by atoms with van der Waals surface area (Å²) in [7, 11) is 0. The largest absolute Gasteiger partial charge is 0.477 e. The normalized spacial score (nSPS) is 21.3. The second kappa shape index (κ2) is 7.96. The Morgan fingerprint density at radius 2 is 2.23 bits per heavy atom. The van der Waals surface area contributed by atoms with Gasteiger partial charge in [-0.25, -0.2) is 4.79 Å². The van der Waals surface area contributed by atoms with Gasteiger partial charge in [-0.3, -0.25) is 14.5 Å². The minimum Gasteiger partial charge on any atom is -0.477 e. The number of allylic oxidation sites excluding steroid dienone is 1. The third kappa shape index (κ3) is 3.48. The van der Waals surface area contributed by atoms with Gasteiger partial charge in [0.2, 0.25) is 11.5 Å². The number of rotatable bonds is 6. The van der Waals surface area contributed by atoms with Gasteiger partial charge in [-0.1, -0.05) is 28.3 Å². The fraction of sp³-hybridized carbons (Fsp3) is 0.286. The number of oxime groups is 1. The maximum Gasteiger partial charge on any atom is 0.353 e. The van der Waals surface area contributed by atoms with E-state index < -0.39 is 35.6 Å². The molecule has 0 spiro atoms. The van der Waals surface area contributed by atoms with Crippen molar-refractivity contribution in [3.05, 3.63) is 21.9 Å². The molecule has 0 unspecified atom stereocenters. The average Bonchev–Trinajstić information content (AvgIpc) is 3.38. The Labute approximate surface area is 179 Å². The first-order chi connectivity index (χ1) is 14.4. The number of fused-ring (bicyclic) bond motifs is 1. The minimum atomic E-state index is -1.25. The fourth-order valence-electron chi connectivity index (χ4n) is 3.17. The maximum atomic E-state index is 12.7. The van der Waals surface area contributed by atoms with Crippen LogP contribution in [0.3, 0.4) is 0 Å². The quantitative estimate of drug-likeness (QED) is 0.188. The van der Waals surface area contributed by atoms with Gasteiger partial charge >= 0.3 is 5.97 Å². The summed E-state index contributed by atoms with van der Waals surface area (Å²) in [6.45, 7) is 0. The number of hydrogen-bond donors (Lipinski definition) is 4. The molecule has 16 heteroatoms. The number of nitrogens with two attached hydrogens (primary N) is 1. The molecule has 0 aromatic carbocycles. The summed E-state index contributed by atoms with van der Waals surface area (Å²) in [5, 5.41) is 31.9. The number of carbonyl (C=O) groups is 3. The number of nitrogen functional groups attached to an aromatic ring is 1. The van der Waals surface area contributed by atoms with Gasteiger partial charge in [-0.05, 0) is 12.8 Å². The van der Waals surface area contributed by atoms with Gasteiger partial charge in [0.05, 0.1) is 6.04 Å². The van der Waals surface area contributed by atoms with Crippen LogP contribution in [0.2, 0.25) is 0 Å². The summed E-state index contributed by atoms with van der Waals surface area (Å²) < 4.78 is 4.37. The molecule has 0 radical (unpaired) electrons. The third-order valence-electron chi connectivity index (χ3n) is 4.40. The Morgan fingerprint density at radius 1 is 1.43 bits per heavy atom. The fourth-order valence-corrected chi connectivity index (χ4v) is 5.31. The maximum absolute atomic E-state index is 12.7. The van der Waals surface area contributed by atoms with Gasteiger partial charge in [0.15, 0.2) is 9.47 Å². The summed E-state index contributed by atoms with van der Waals surface area (Å²) in [5.41, 5.74) is 6.37. The van der Waals surface area contributed by atoms with Crippen LogP contribution < -0.4 is 11.1 Å². The van der Waals surface area contributed by atoms with Crippen molar-refractivity contribution < 1.29 is 24.7 Å². The van der Waals surface area contributed by atoms with E-state index in [4.69, 9.17) is 10.9 Å². The van der Waals surface area contributed by atoms with Crippen molar-refractivity contribution >= 4 is 63.3 Å². The first kappa shape index (κ1) is 20.2. The first-order valence-corrected chi connectivity index (χ1v) is 10.7. The van der Waals surface area contributed by atoms with Gasteiger partial charge in [0, 0.05) is 16.4 Å². The molecule has 2 atom stereocenters. The van der Waals surface area contributed by atoms with E-state index in [9.17, 15) is 19.5 Å². The van der Waals surface area contributed by atoms with E-state index >= 15 is 0 Å². The Balaban J connectivity index is 1.52. The zero-order valence-corrected chi connectivity index (χ0v) is 17.2. The molecule has 2 aromatic heterocycles. The Hall–Kier alpha value is -3.11. The van der Waals surface area contributed by atoms with Crippen LogP contribution in [0.25, 0.3) is 0 Å². The van der Waals surface area contributed by atoms with E-state index in [1.807, 2.05) is 0 Å². The number of carboxylic acid groups (broad SMARTS) is 1. The second-order valence-electron chi connectivity index (χ2n) is 6.05. The highest BCUT2D eigenvalue weighted by Gasteiger charge is 2.54. The molecule has 4 rings (SSSR count). The highest BCUT2D eigenvalue weighted by atomic mass is 32.2. The van der Waals surface area contributed by atoms with E-state index in [2.05, 4.69) is 30.0 Å². The molecule has 13 nitrogen and oxygen atoms in total. The van der Waals surface area contributed by atoms with Gasteiger partial charge < -0.3 is 21.4 Å². The van der Waals surface area contributed by atoms with Crippen LogP contribution >= 0.6 is 34.6 Å². The van der Waals surface area contributed by atoms with E-state index in [1.54, 1.807) is 0 Å². The molecule has 5 N–H and O–H groups in total. The van der Waals surface area contributed by atoms with Crippen LogP contribution in [-0.4, -0.2) is 70.3 Å². The number of hydrogen-bond acceptors (Lipinski definition) is 13. The molecule has 4 heterocycles. The number of aliphatic carboxylic acids is 1. The van der Waals surface area contributed by atoms with Gasteiger partial charge in [-0.2, -0.15) is 9.36 Å². The standard InChI is InChI=1S/C14H12N8O5S3/c15-13-18-9(21-30-13)7(20-27)10(23)17-6-4-1-2-5(29-14-19-16-3-28-14)8(12(25)26)22(4)11(6)24/h3-4,6,27H,1-2H2,(H,17,23)(H,25,26)(H2,15,18,21)/t4-,6+/m1/s1. The van der Waals surface area contributed by atoms with Crippen molar-refractivity contribution in [3.8, 4) is 0 Å². The van der Waals surface area contributed by atoms with Crippen LogP contribution in [0.15, 0.2) is 25.6 Å². The number of nitrogens with one attached hydrogen (secondary N) is 1. The molecule has 1 saturated heterocycles. The van der Waals surface area contributed by atoms with Crippen molar-refractivity contribution in [2.75, 3.05) is 5.73 Å². The molecule has 30 heavy (non-hydrogen) atoms. The van der Waals surface area contributed by atoms with Gasteiger partial charge in [0.1, 0.15) is 17.2 Å². The number of nitrogens with zero attached hydrogens (tertiary/aromatic N) is 6. The van der Waals surface area contributed by atoms with E-state index in [1.165, 1.54) is 16.8 Å². The van der Waals surface area contributed by atoms with Crippen LogP contribution in [0.5, 0.6) is 0 Å². The highest BCUT2D eigenvalue weighted by molar-refractivity contribution is 8.04. The SMILES string of the molecule is Nc1nc(C(=NO)C(=O)N[C@@H]2C(=O)N3C(C(=O)O)=C(Sc4nncs4)CC[C@H]23)ns1. The lowest BCUT2D eigenvalue weighted by atomic mass is 9.86. The van der Waals surface area contributed by atoms with Crippen molar-refractivity contribution in [2.45, 2.75) is 29.3 Å². The van der Waals surface area contributed by atoms with Gasteiger partial charge in [0.25, 0.3) is 11.8 Å². The molecule has 0 bridgehead atoms. The number of aromatic nitrogens is 4. The van der Waals surface area contributed by atoms with Crippen LogP contribution in [0, 0.1) is 0 Å². The number of β-lactam (4-membered cyclic amide) rings is 1. The van der Waals surface area contributed by atoms with Crippen molar-refractivity contribution in [3.63, 3.8) is 0 Å². The van der Waals surface area contributed by atoms with Gasteiger partial charge in [-0.15, -0.1) is 10.2 Å². The molecule has 0 aliphatic carbocycles. The zero-order chi connectivity index (χ0) is 21.4. The second-order valence-corrected chi connectivity index (χ2v) is 9.01. The summed E-state index contributed by atoms with van der Waals surface area (Å²) in [6.07, 6.45) is 0.819. The third-order valence-corrected chi connectivity index (χ3v) is 6.86. The molecule has 2 aromatic rings. The van der Waals surface area contributed by atoms with Crippen molar-refractivity contribution in [2.24, 2.45) is 5.16 Å². The molecule has 0 saturated carbocycles. The number of carbonyl (C=O) groups excluding carboxylic acids is 2. The van der Waals surface area contributed by atoms with Crippen molar-refractivity contribution in [1.29, 1.82) is 0 Å². The molecule has 2 aliphatic rings. The molecule has 2 aliphatic heterocycles. The number of carboxylic acids is 1. The first-order valence-electron chi connectivity index (χ1n) is 8.26. The summed E-state index contributed by atoms with van der Waals surface area (Å²) in [6, 6.07) is -1.51. The van der Waals surface area contributed by atoms with E-state index in [-0.39, 0.29) is 16.7 Å². The summed E-state index contributed by atoms with van der Waals surface area (Å²) in [5.74, 6) is -2.87. The molecule has 1 fully saturated rings. The molecule has 2 amide bonds. The predicted molar refractivity (Wildman–Crippen MR) is 105 cm³/mol. The Morgan fingerprint density at radius 3 is 2.83 bits per heavy atom. The smallest absolute Gasteiger partial charge is 0.353 e. The summed E-state index contributed by atoms with van der Waals surface area (Å²) >= 11 is 3.23. The molecule has 156 valence electrons. The van der Waals surface area contributed by atoms with E-state index in [0.29, 0.717) is 22.1 Å². The van der Waals surface area contributed by atoms with Crippen LogP contribution in [0.1, 0.15) is 18.7 Å². The van der Waals surface area contributed by atoms with Crippen LogP contribution in [0.4, 0.5) is 5.13 Å². The zero-order valence-electron chi connectivity index (χ0n) is 14.8. The molecular weight excluding hydrogens is 456 g/mol. The lowest BCUT2D eigenvalue weighted by Crippen LogP contribution is -2.72. The Kier molecular flexibility index (Phi) is 5.35. The average molecular weight is 469 g/mol. The number of thioether (sulfide) groups is 1. The predicted octanol–water partition coefficient (Wildman–Crippen LogP) is -0.272. The summed E-state index contributed by atoms with van der Waals surface area (Å²) in [4.78, 5) is 42.4. The van der Waals surface area contributed by atoms with Crippen LogP contribution in [-0.2, 0) is 14.4 Å². The Bertz CT molecular complexity index is 1080. The lowest BCUT2D eigenvalue weighted by molar-refractivity contribution is -0.155. The monoisotopic (exact) mass is 468 g/mol. The lowest BCUT2D eigenvalue weighted by Gasteiger charge is -2.49. The number of amides is 2. The molecular formula is C14H12N8O5S3.